The Kier molecular flexibility index (Phi) is 2.04. The summed E-state index contributed by atoms with van der Waals surface area (Å²) in [5.74, 6) is -0.386. The lowest BCUT2D eigenvalue weighted by atomic mass is 10.2. The second kappa shape index (κ2) is 3.55. The molecule has 0 fully saturated rings. The van der Waals surface area contributed by atoms with Gasteiger partial charge in [0.1, 0.15) is 5.56 Å². The van der Waals surface area contributed by atoms with Crippen LogP contribution in [0.15, 0.2) is 36.7 Å². The van der Waals surface area contributed by atoms with E-state index in [9.17, 15) is 4.79 Å². The zero-order valence-electron chi connectivity index (χ0n) is 9.12. The van der Waals surface area contributed by atoms with Crippen LogP contribution in [0.3, 0.4) is 0 Å². The molecule has 3 aromatic rings. The van der Waals surface area contributed by atoms with Crippen LogP contribution in [-0.2, 0) is 4.74 Å². The maximum atomic E-state index is 11.5. The number of methoxy groups -OCH3 is 1. The van der Waals surface area contributed by atoms with Gasteiger partial charge in [0.15, 0.2) is 0 Å². The van der Waals surface area contributed by atoms with Crippen molar-refractivity contribution in [1.82, 2.24) is 14.6 Å². The smallest absolute Gasteiger partial charge is 0.341 e. The average Bonchev–Trinajstić information content (AvgIpc) is 2.82. The predicted molar refractivity (Wildman–Crippen MR) is 61.8 cm³/mol. The lowest BCUT2D eigenvalue weighted by molar-refractivity contribution is 0.0603. The molecular formula is C12H9N3O2. The van der Waals surface area contributed by atoms with Gasteiger partial charge in [0.05, 0.1) is 29.9 Å². The Morgan fingerprint density at radius 1 is 1.29 bits per heavy atom. The van der Waals surface area contributed by atoms with Crippen molar-refractivity contribution in [1.29, 1.82) is 0 Å². The van der Waals surface area contributed by atoms with E-state index < -0.39 is 0 Å². The van der Waals surface area contributed by atoms with Gasteiger partial charge in [-0.2, -0.15) is 5.10 Å². The number of aromatic nitrogens is 3. The van der Waals surface area contributed by atoms with Crippen LogP contribution in [0.1, 0.15) is 10.4 Å². The summed E-state index contributed by atoms with van der Waals surface area (Å²) in [6.07, 6.45) is 3.23. The third kappa shape index (κ3) is 1.36. The Balaban J connectivity index is 2.39. The van der Waals surface area contributed by atoms with Crippen LogP contribution in [0, 0.1) is 0 Å². The number of hydrogen-bond donors (Lipinski definition) is 0. The first kappa shape index (κ1) is 9.77. The maximum Gasteiger partial charge on any atom is 0.341 e. The second-order valence-electron chi connectivity index (χ2n) is 3.59. The van der Waals surface area contributed by atoms with Gasteiger partial charge >= 0.3 is 5.97 Å². The molecule has 0 unspecified atom stereocenters. The number of rotatable bonds is 1. The highest BCUT2D eigenvalue weighted by Crippen LogP contribution is 2.18. The molecular weight excluding hydrogens is 218 g/mol. The number of ether oxygens (including phenoxy) is 1. The SMILES string of the molecule is COC(=O)c1cnn2c1ccc1ncccc12. The van der Waals surface area contributed by atoms with Gasteiger partial charge in [-0.1, -0.05) is 0 Å². The largest absolute Gasteiger partial charge is 0.465 e. The van der Waals surface area contributed by atoms with Crippen LogP contribution < -0.4 is 0 Å². The number of hydrogen-bond acceptors (Lipinski definition) is 4. The van der Waals surface area contributed by atoms with E-state index >= 15 is 0 Å². The third-order valence-corrected chi connectivity index (χ3v) is 2.66. The predicted octanol–water partition coefficient (Wildman–Crippen LogP) is 1.67. The molecule has 0 aliphatic heterocycles. The zero-order chi connectivity index (χ0) is 11.8. The molecule has 0 aromatic carbocycles. The van der Waals surface area contributed by atoms with Crippen LogP contribution in [0.4, 0.5) is 0 Å². The molecule has 3 rings (SSSR count). The molecule has 0 aliphatic rings. The van der Waals surface area contributed by atoms with Crippen molar-refractivity contribution < 1.29 is 9.53 Å². The molecule has 0 amide bonds. The monoisotopic (exact) mass is 227 g/mol. The molecule has 84 valence electrons. The standard InChI is InChI=1S/C12H9N3O2/c1-17-12(16)8-7-14-15-10(8)5-4-9-11(15)3-2-6-13-9/h2-7H,1H3. The van der Waals surface area contributed by atoms with Crippen molar-refractivity contribution in [3.05, 3.63) is 42.2 Å². The van der Waals surface area contributed by atoms with Crippen molar-refractivity contribution in [2.75, 3.05) is 7.11 Å². The molecule has 3 aromatic heterocycles. The number of nitrogens with zero attached hydrogens (tertiary/aromatic N) is 3. The first-order valence-corrected chi connectivity index (χ1v) is 5.11. The minimum Gasteiger partial charge on any atom is -0.465 e. The summed E-state index contributed by atoms with van der Waals surface area (Å²) in [6, 6.07) is 7.41. The van der Waals surface area contributed by atoms with Crippen LogP contribution in [0.25, 0.3) is 16.6 Å². The van der Waals surface area contributed by atoms with E-state index in [1.807, 2.05) is 24.3 Å². The van der Waals surface area contributed by atoms with Crippen molar-refractivity contribution in [3.8, 4) is 0 Å². The fourth-order valence-corrected chi connectivity index (χ4v) is 1.85. The summed E-state index contributed by atoms with van der Waals surface area (Å²) in [7, 11) is 1.36. The third-order valence-electron chi connectivity index (χ3n) is 2.66. The van der Waals surface area contributed by atoms with Gasteiger partial charge in [0.2, 0.25) is 0 Å². The van der Waals surface area contributed by atoms with Gasteiger partial charge in [0, 0.05) is 6.20 Å². The Morgan fingerprint density at radius 3 is 3.00 bits per heavy atom. The molecule has 0 N–H and O–H groups in total. The highest BCUT2D eigenvalue weighted by atomic mass is 16.5. The van der Waals surface area contributed by atoms with Gasteiger partial charge in [-0.3, -0.25) is 4.98 Å². The average molecular weight is 227 g/mol. The molecule has 0 saturated heterocycles. The van der Waals surface area contributed by atoms with Crippen LogP contribution in [-0.4, -0.2) is 27.7 Å². The summed E-state index contributed by atoms with van der Waals surface area (Å²) in [5, 5.41) is 4.19. The van der Waals surface area contributed by atoms with Gasteiger partial charge < -0.3 is 4.74 Å². The summed E-state index contributed by atoms with van der Waals surface area (Å²) < 4.78 is 6.40. The summed E-state index contributed by atoms with van der Waals surface area (Å²) in [5.41, 5.74) is 2.87. The molecule has 0 atom stereocenters. The minimum absolute atomic E-state index is 0.386. The maximum absolute atomic E-state index is 11.5. The first-order chi connectivity index (χ1) is 8.31. The molecule has 0 saturated carbocycles. The molecule has 17 heavy (non-hydrogen) atoms. The number of pyridine rings is 2. The summed E-state index contributed by atoms with van der Waals surface area (Å²) in [6.45, 7) is 0. The normalized spacial score (nSPS) is 10.9. The van der Waals surface area contributed by atoms with Gasteiger partial charge in [-0.15, -0.1) is 0 Å². The highest BCUT2D eigenvalue weighted by Gasteiger charge is 2.13. The van der Waals surface area contributed by atoms with E-state index in [4.69, 9.17) is 4.74 Å². The Bertz CT molecular complexity index is 718. The number of carbonyl (C=O) groups excluding carboxylic acids is 1. The minimum atomic E-state index is -0.386. The molecule has 3 heterocycles. The molecule has 5 nitrogen and oxygen atoms in total. The fourth-order valence-electron chi connectivity index (χ4n) is 1.85. The first-order valence-electron chi connectivity index (χ1n) is 5.11. The molecule has 0 bridgehead atoms. The topological polar surface area (TPSA) is 56.5 Å². The van der Waals surface area contributed by atoms with Crippen LogP contribution in [0.5, 0.6) is 0 Å². The van der Waals surface area contributed by atoms with Gasteiger partial charge in [-0.05, 0) is 24.3 Å². The number of esters is 1. The molecule has 0 aliphatic carbocycles. The van der Waals surface area contributed by atoms with Gasteiger partial charge in [-0.25, -0.2) is 9.31 Å². The van der Waals surface area contributed by atoms with Crippen molar-refractivity contribution >= 4 is 22.5 Å². The van der Waals surface area contributed by atoms with E-state index in [2.05, 4.69) is 10.1 Å². The van der Waals surface area contributed by atoms with Crippen LogP contribution >= 0.6 is 0 Å². The van der Waals surface area contributed by atoms with Crippen molar-refractivity contribution in [2.45, 2.75) is 0 Å². The van der Waals surface area contributed by atoms with E-state index in [0.717, 1.165) is 16.6 Å². The summed E-state index contributed by atoms with van der Waals surface area (Å²) >= 11 is 0. The Hall–Kier alpha value is -2.43. The highest BCUT2D eigenvalue weighted by molar-refractivity contribution is 5.98. The van der Waals surface area contributed by atoms with E-state index in [1.54, 1.807) is 10.7 Å². The molecule has 5 heteroatoms. The Labute approximate surface area is 96.6 Å². The van der Waals surface area contributed by atoms with E-state index in [1.165, 1.54) is 13.3 Å². The van der Waals surface area contributed by atoms with Gasteiger partial charge in [0.25, 0.3) is 0 Å². The molecule has 0 radical (unpaired) electrons. The van der Waals surface area contributed by atoms with E-state index in [-0.39, 0.29) is 5.97 Å². The van der Waals surface area contributed by atoms with Crippen molar-refractivity contribution in [2.24, 2.45) is 0 Å². The van der Waals surface area contributed by atoms with E-state index in [0.29, 0.717) is 5.56 Å². The lowest BCUT2D eigenvalue weighted by Crippen LogP contribution is -2.00. The quantitative estimate of drug-likeness (QED) is 0.593. The number of carbonyl (C=O) groups is 1. The number of fused-ring (bicyclic) bond motifs is 3. The molecule has 0 spiro atoms. The second-order valence-corrected chi connectivity index (χ2v) is 3.59. The van der Waals surface area contributed by atoms with Crippen molar-refractivity contribution in [3.63, 3.8) is 0 Å². The fraction of sp³-hybridized carbons (Fsp3) is 0.0833. The zero-order valence-corrected chi connectivity index (χ0v) is 9.12. The summed E-state index contributed by atoms with van der Waals surface area (Å²) in [4.78, 5) is 15.8. The Morgan fingerprint density at radius 2 is 2.18 bits per heavy atom. The lowest BCUT2D eigenvalue weighted by Gasteiger charge is -2.01. The van der Waals surface area contributed by atoms with Crippen LogP contribution in [0.2, 0.25) is 0 Å².